The van der Waals surface area contributed by atoms with Crippen LogP contribution in [0.1, 0.15) is 10.4 Å². The van der Waals surface area contributed by atoms with E-state index in [9.17, 15) is 4.79 Å². The largest absolute Gasteiger partial charge is 0.338 e. The van der Waals surface area contributed by atoms with E-state index in [0.717, 1.165) is 16.6 Å². The van der Waals surface area contributed by atoms with Crippen molar-refractivity contribution in [2.45, 2.75) is 0 Å². The van der Waals surface area contributed by atoms with E-state index in [1.807, 2.05) is 72.4 Å². The zero-order valence-corrected chi connectivity index (χ0v) is 10.6. The number of fused-ring (bicyclic) bond motifs is 1. The smallest absolute Gasteiger partial charge is 0.257 e. The van der Waals surface area contributed by atoms with Crippen molar-refractivity contribution in [3.05, 3.63) is 66.4 Å². The summed E-state index contributed by atoms with van der Waals surface area (Å²) < 4.78 is 1.88. The first-order valence-corrected chi connectivity index (χ1v) is 6.16. The zero-order valence-electron chi connectivity index (χ0n) is 10.6. The van der Waals surface area contributed by atoms with E-state index in [2.05, 4.69) is 5.32 Å². The van der Waals surface area contributed by atoms with Crippen molar-refractivity contribution < 1.29 is 4.79 Å². The number of hydrogen-bond acceptors (Lipinski definition) is 1. The number of aromatic nitrogens is 1. The Labute approximate surface area is 111 Å². The molecule has 3 rings (SSSR count). The number of rotatable bonds is 2. The highest BCUT2D eigenvalue weighted by molar-refractivity contribution is 6.12. The van der Waals surface area contributed by atoms with Gasteiger partial charge in [0.15, 0.2) is 0 Å². The molecule has 3 aromatic rings. The first-order chi connectivity index (χ1) is 9.25. The molecule has 1 amide bonds. The monoisotopic (exact) mass is 250 g/mol. The Morgan fingerprint density at radius 1 is 1.00 bits per heavy atom. The van der Waals surface area contributed by atoms with Crippen molar-refractivity contribution in [2.75, 3.05) is 5.32 Å². The first kappa shape index (κ1) is 11.5. The SMILES string of the molecule is Cn1cccc1NC(=O)c1cccc2ccccc12. The van der Waals surface area contributed by atoms with Gasteiger partial charge in [-0.3, -0.25) is 4.79 Å². The fraction of sp³-hybridized carbons (Fsp3) is 0.0625. The van der Waals surface area contributed by atoms with Gasteiger partial charge in [0.1, 0.15) is 5.82 Å². The molecular formula is C16H14N2O. The van der Waals surface area contributed by atoms with Crippen molar-refractivity contribution in [2.24, 2.45) is 7.05 Å². The Hall–Kier alpha value is -2.55. The van der Waals surface area contributed by atoms with Gasteiger partial charge in [0.25, 0.3) is 5.91 Å². The van der Waals surface area contributed by atoms with Crippen molar-refractivity contribution in [3.63, 3.8) is 0 Å². The van der Waals surface area contributed by atoms with Gasteiger partial charge in [-0.25, -0.2) is 0 Å². The molecule has 0 bridgehead atoms. The molecule has 0 unspecified atom stereocenters. The van der Waals surface area contributed by atoms with Gasteiger partial charge in [0.05, 0.1) is 0 Å². The quantitative estimate of drug-likeness (QED) is 0.742. The van der Waals surface area contributed by atoms with Gasteiger partial charge in [0.2, 0.25) is 0 Å². The van der Waals surface area contributed by atoms with Crippen LogP contribution in [0.4, 0.5) is 5.82 Å². The van der Waals surface area contributed by atoms with Crippen LogP contribution in [0.5, 0.6) is 0 Å². The third-order valence-electron chi connectivity index (χ3n) is 3.22. The summed E-state index contributed by atoms with van der Waals surface area (Å²) in [7, 11) is 1.90. The van der Waals surface area contributed by atoms with Gasteiger partial charge in [-0.15, -0.1) is 0 Å². The van der Waals surface area contributed by atoms with Crippen LogP contribution in [0, 0.1) is 0 Å². The predicted octanol–water partition coefficient (Wildman–Crippen LogP) is 3.43. The van der Waals surface area contributed by atoms with Crippen LogP contribution in [0.3, 0.4) is 0 Å². The van der Waals surface area contributed by atoms with E-state index in [1.54, 1.807) is 0 Å². The number of carbonyl (C=O) groups excluding carboxylic acids is 1. The Morgan fingerprint density at radius 3 is 2.58 bits per heavy atom. The van der Waals surface area contributed by atoms with Gasteiger partial charge >= 0.3 is 0 Å². The molecule has 2 aromatic carbocycles. The molecule has 0 atom stereocenters. The van der Waals surface area contributed by atoms with Crippen LogP contribution in [-0.2, 0) is 7.05 Å². The summed E-state index contributed by atoms with van der Waals surface area (Å²) in [6.45, 7) is 0. The van der Waals surface area contributed by atoms with E-state index in [1.165, 1.54) is 0 Å². The lowest BCUT2D eigenvalue weighted by molar-refractivity contribution is 0.102. The molecule has 0 saturated carbocycles. The molecule has 0 saturated heterocycles. The van der Waals surface area contributed by atoms with E-state index in [4.69, 9.17) is 0 Å². The fourth-order valence-electron chi connectivity index (χ4n) is 2.20. The number of aryl methyl sites for hydroxylation is 1. The van der Waals surface area contributed by atoms with E-state index >= 15 is 0 Å². The highest BCUT2D eigenvalue weighted by atomic mass is 16.1. The molecule has 1 N–H and O–H groups in total. The minimum Gasteiger partial charge on any atom is -0.338 e. The topological polar surface area (TPSA) is 34.0 Å². The maximum Gasteiger partial charge on any atom is 0.257 e. The van der Waals surface area contributed by atoms with Crippen LogP contribution in [-0.4, -0.2) is 10.5 Å². The molecule has 3 nitrogen and oxygen atoms in total. The molecule has 0 fully saturated rings. The summed E-state index contributed by atoms with van der Waals surface area (Å²) in [4.78, 5) is 12.4. The molecule has 0 spiro atoms. The lowest BCUT2D eigenvalue weighted by Gasteiger charge is -2.08. The average Bonchev–Trinajstić information content (AvgIpc) is 2.83. The average molecular weight is 250 g/mol. The molecule has 19 heavy (non-hydrogen) atoms. The lowest BCUT2D eigenvalue weighted by atomic mass is 10.0. The van der Waals surface area contributed by atoms with Gasteiger partial charge in [0, 0.05) is 18.8 Å². The Kier molecular flexibility index (Phi) is 2.80. The van der Waals surface area contributed by atoms with E-state index in [0.29, 0.717) is 5.56 Å². The number of anilines is 1. The Morgan fingerprint density at radius 2 is 1.79 bits per heavy atom. The lowest BCUT2D eigenvalue weighted by Crippen LogP contribution is -2.14. The molecule has 94 valence electrons. The number of amides is 1. The van der Waals surface area contributed by atoms with Gasteiger partial charge in [-0.1, -0.05) is 36.4 Å². The van der Waals surface area contributed by atoms with Crippen LogP contribution >= 0.6 is 0 Å². The molecule has 0 radical (unpaired) electrons. The highest BCUT2D eigenvalue weighted by Crippen LogP contribution is 2.19. The number of nitrogens with one attached hydrogen (secondary N) is 1. The van der Waals surface area contributed by atoms with Gasteiger partial charge in [-0.2, -0.15) is 0 Å². The van der Waals surface area contributed by atoms with Gasteiger partial charge < -0.3 is 9.88 Å². The zero-order chi connectivity index (χ0) is 13.2. The summed E-state index contributed by atoms with van der Waals surface area (Å²) in [5.41, 5.74) is 0.694. The highest BCUT2D eigenvalue weighted by Gasteiger charge is 2.10. The minimum absolute atomic E-state index is 0.0846. The summed E-state index contributed by atoms with van der Waals surface area (Å²) >= 11 is 0. The maximum atomic E-state index is 12.4. The minimum atomic E-state index is -0.0846. The molecule has 0 aliphatic heterocycles. The van der Waals surface area contributed by atoms with Crippen molar-refractivity contribution in [1.82, 2.24) is 4.57 Å². The summed E-state index contributed by atoms with van der Waals surface area (Å²) in [5, 5.41) is 4.96. The molecule has 3 heteroatoms. The van der Waals surface area contributed by atoms with Crippen LogP contribution in [0.25, 0.3) is 10.8 Å². The van der Waals surface area contributed by atoms with Crippen LogP contribution in [0.2, 0.25) is 0 Å². The second kappa shape index (κ2) is 4.61. The van der Waals surface area contributed by atoms with Crippen molar-refractivity contribution in [1.29, 1.82) is 0 Å². The van der Waals surface area contributed by atoms with Crippen LogP contribution < -0.4 is 5.32 Å². The Balaban J connectivity index is 2.00. The predicted molar refractivity (Wildman–Crippen MR) is 77.3 cm³/mol. The summed E-state index contributed by atoms with van der Waals surface area (Å²) in [5.74, 6) is 0.705. The van der Waals surface area contributed by atoms with E-state index < -0.39 is 0 Å². The third-order valence-corrected chi connectivity index (χ3v) is 3.22. The molecule has 0 aliphatic carbocycles. The third kappa shape index (κ3) is 2.10. The molecule has 1 heterocycles. The number of carbonyl (C=O) groups is 1. The first-order valence-electron chi connectivity index (χ1n) is 6.16. The second-order valence-electron chi connectivity index (χ2n) is 4.49. The Bertz CT molecular complexity index is 738. The number of hydrogen-bond donors (Lipinski definition) is 1. The number of nitrogens with zero attached hydrogens (tertiary/aromatic N) is 1. The summed E-state index contributed by atoms with van der Waals surface area (Å²) in [6, 6.07) is 17.4. The van der Waals surface area contributed by atoms with Crippen LogP contribution in [0.15, 0.2) is 60.8 Å². The molecule has 1 aromatic heterocycles. The normalized spacial score (nSPS) is 10.6. The van der Waals surface area contributed by atoms with Crippen molar-refractivity contribution >= 4 is 22.5 Å². The number of benzene rings is 2. The molecule has 0 aliphatic rings. The standard InChI is InChI=1S/C16H14N2O/c1-18-11-5-10-15(18)17-16(19)14-9-4-7-12-6-2-3-8-13(12)14/h2-11H,1H3,(H,17,19). The molecular weight excluding hydrogens is 236 g/mol. The van der Waals surface area contributed by atoms with E-state index in [-0.39, 0.29) is 5.91 Å². The fourth-order valence-corrected chi connectivity index (χ4v) is 2.20. The second-order valence-corrected chi connectivity index (χ2v) is 4.49. The maximum absolute atomic E-state index is 12.4. The van der Waals surface area contributed by atoms with Crippen molar-refractivity contribution in [3.8, 4) is 0 Å². The van der Waals surface area contributed by atoms with Gasteiger partial charge in [-0.05, 0) is 29.0 Å². The summed E-state index contributed by atoms with van der Waals surface area (Å²) in [6.07, 6.45) is 1.90.